The minimum Gasteiger partial charge on any atom is -0.481 e. The molecule has 21 heavy (non-hydrogen) atoms. The lowest BCUT2D eigenvalue weighted by molar-refractivity contribution is -0.148. The third-order valence-electron chi connectivity index (χ3n) is 4.29. The predicted molar refractivity (Wildman–Crippen MR) is 79.9 cm³/mol. The van der Waals surface area contributed by atoms with Gasteiger partial charge in [0.15, 0.2) is 0 Å². The number of aliphatic carboxylic acids is 1. The average Bonchev–Trinajstić information content (AvgIpc) is 2.88. The molecule has 2 rings (SSSR count). The molecular weight excluding hydrogens is 314 g/mol. The van der Waals surface area contributed by atoms with Gasteiger partial charge in [-0.15, -0.1) is 0 Å². The fraction of sp³-hybridized carbons (Fsp3) is 0.500. The molecule has 1 aromatic carbocycles. The molecule has 1 aliphatic heterocycles. The Morgan fingerprint density at radius 2 is 2.14 bits per heavy atom. The first-order valence-electron chi connectivity index (χ1n) is 6.73. The van der Waals surface area contributed by atoms with Gasteiger partial charge in [-0.2, -0.15) is 4.31 Å². The number of carboxylic acids is 1. The molecule has 0 radical (unpaired) electrons. The van der Waals surface area contributed by atoms with Crippen molar-refractivity contribution in [1.29, 1.82) is 0 Å². The first kappa shape index (κ1) is 16.3. The van der Waals surface area contributed by atoms with Gasteiger partial charge in [0.05, 0.1) is 10.3 Å². The lowest BCUT2D eigenvalue weighted by Crippen LogP contribution is -2.36. The molecule has 0 saturated carbocycles. The van der Waals surface area contributed by atoms with Gasteiger partial charge in [-0.3, -0.25) is 4.79 Å². The van der Waals surface area contributed by atoms with Crippen LogP contribution in [0.5, 0.6) is 0 Å². The molecule has 1 saturated heterocycles. The summed E-state index contributed by atoms with van der Waals surface area (Å²) in [4.78, 5) is 11.6. The number of sulfonamides is 1. The zero-order valence-electron chi connectivity index (χ0n) is 12.0. The van der Waals surface area contributed by atoms with Crippen LogP contribution in [0.15, 0.2) is 23.1 Å². The van der Waals surface area contributed by atoms with Gasteiger partial charge in [-0.25, -0.2) is 8.42 Å². The molecule has 0 aromatic heterocycles. The fourth-order valence-corrected chi connectivity index (χ4v) is 4.67. The van der Waals surface area contributed by atoms with Crippen LogP contribution in [0, 0.1) is 12.3 Å². The van der Waals surface area contributed by atoms with Crippen LogP contribution in [0.4, 0.5) is 0 Å². The molecule has 1 aliphatic rings. The molecule has 1 atom stereocenters. The van der Waals surface area contributed by atoms with Crippen LogP contribution >= 0.6 is 11.6 Å². The number of rotatable bonds is 4. The average molecular weight is 332 g/mol. The van der Waals surface area contributed by atoms with E-state index < -0.39 is 21.4 Å². The van der Waals surface area contributed by atoms with Crippen LogP contribution < -0.4 is 0 Å². The van der Waals surface area contributed by atoms with Gasteiger partial charge in [0, 0.05) is 18.1 Å². The smallest absolute Gasteiger partial charge is 0.311 e. The highest BCUT2D eigenvalue weighted by atomic mass is 35.5. The summed E-state index contributed by atoms with van der Waals surface area (Å²) < 4.78 is 26.7. The van der Waals surface area contributed by atoms with Gasteiger partial charge in [0.1, 0.15) is 0 Å². The highest BCUT2D eigenvalue weighted by Crippen LogP contribution is 2.37. The summed E-state index contributed by atoms with van der Waals surface area (Å²) in [5.74, 6) is -0.939. The van der Waals surface area contributed by atoms with E-state index in [1.54, 1.807) is 26.0 Å². The maximum atomic E-state index is 12.7. The van der Waals surface area contributed by atoms with Crippen molar-refractivity contribution in [3.63, 3.8) is 0 Å². The Kier molecular flexibility index (Phi) is 4.33. The van der Waals surface area contributed by atoms with E-state index in [9.17, 15) is 18.3 Å². The first-order chi connectivity index (χ1) is 9.74. The summed E-state index contributed by atoms with van der Waals surface area (Å²) in [5, 5.41) is 9.76. The van der Waals surface area contributed by atoms with Crippen LogP contribution in [-0.2, 0) is 14.8 Å². The number of carboxylic acid groups (broad SMARTS) is 1. The predicted octanol–water partition coefficient (Wildman–Crippen LogP) is 2.52. The van der Waals surface area contributed by atoms with Gasteiger partial charge in [-0.05, 0) is 37.5 Å². The van der Waals surface area contributed by atoms with Crippen LogP contribution in [0.2, 0.25) is 5.02 Å². The first-order valence-corrected chi connectivity index (χ1v) is 8.55. The van der Waals surface area contributed by atoms with Crippen molar-refractivity contribution >= 4 is 27.6 Å². The van der Waals surface area contributed by atoms with Crippen molar-refractivity contribution in [3.8, 4) is 0 Å². The Morgan fingerprint density at radius 1 is 1.48 bits per heavy atom. The Bertz CT molecular complexity index is 674. The number of hydrogen-bond acceptors (Lipinski definition) is 3. The number of nitrogens with zero attached hydrogens (tertiary/aromatic N) is 1. The van der Waals surface area contributed by atoms with Gasteiger partial charge in [-0.1, -0.05) is 24.6 Å². The second kappa shape index (κ2) is 5.59. The summed E-state index contributed by atoms with van der Waals surface area (Å²) in [7, 11) is -3.72. The van der Waals surface area contributed by atoms with Crippen molar-refractivity contribution in [2.45, 2.75) is 31.6 Å². The van der Waals surface area contributed by atoms with Crippen molar-refractivity contribution in [2.24, 2.45) is 5.41 Å². The number of benzene rings is 1. The van der Waals surface area contributed by atoms with Gasteiger partial charge >= 0.3 is 5.97 Å². The van der Waals surface area contributed by atoms with E-state index in [4.69, 9.17) is 11.6 Å². The molecule has 0 spiro atoms. The minimum absolute atomic E-state index is 0.00706. The van der Waals surface area contributed by atoms with Crippen LogP contribution in [-0.4, -0.2) is 36.9 Å². The standard InChI is InChI=1S/C14H18ClNO4S/c1-3-14(13(17)18)7-8-16(9-14)21(19,20)12-6-4-5-11(15)10(12)2/h4-6H,3,7-9H2,1-2H3,(H,17,18). The minimum atomic E-state index is -3.72. The number of halogens is 1. The summed E-state index contributed by atoms with van der Waals surface area (Å²) in [5.41, 5.74) is -0.497. The van der Waals surface area contributed by atoms with E-state index in [0.29, 0.717) is 23.4 Å². The third-order valence-corrected chi connectivity index (χ3v) is 6.68. The van der Waals surface area contributed by atoms with Crippen LogP contribution in [0.3, 0.4) is 0 Å². The second-order valence-electron chi connectivity index (χ2n) is 5.39. The lowest BCUT2D eigenvalue weighted by atomic mass is 9.85. The molecular formula is C14H18ClNO4S. The van der Waals surface area contributed by atoms with E-state index in [-0.39, 0.29) is 18.0 Å². The van der Waals surface area contributed by atoms with E-state index in [2.05, 4.69) is 0 Å². The zero-order chi connectivity index (χ0) is 15.8. The van der Waals surface area contributed by atoms with Crippen LogP contribution in [0.1, 0.15) is 25.3 Å². The molecule has 5 nitrogen and oxygen atoms in total. The molecule has 0 amide bonds. The van der Waals surface area contributed by atoms with E-state index >= 15 is 0 Å². The SMILES string of the molecule is CCC1(C(=O)O)CCN(S(=O)(=O)c2cccc(Cl)c2C)C1. The van der Waals surface area contributed by atoms with Gasteiger partial charge < -0.3 is 5.11 Å². The fourth-order valence-electron chi connectivity index (χ4n) is 2.66. The molecule has 1 N–H and O–H groups in total. The molecule has 7 heteroatoms. The lowest BCUT2D eigenvalue weighted by Gasteiger charge is -2.23. The summed E-state index contributed by atoms with van der Waals surface area (Å²) in [6.45, 7) is 3.64. The van der Waals surface area contributed by atoms with E-state index in [0.717, 1.165) is 0 Å². The molecule has 1 fully saturated rings. The highest BCUT2D eigenvalue weighted by Gasteiger charge is 2.47. The molecule has 1 aromatic rings. The Balaban J connectivity index is 2.39. The maximum Gasteiger partial charge on any atom is 0.311 e. The number of carbonyl (C=O) groups is 1. The van der Waals surface area contributed by atoms with Gasteiger partial charge in [0.25, 0.3) is 0 Å². The van der Waals surface area contributed by atoms with Gasteiger partial charge in [0.2, 0.25) is 10.0 Å². The van der Waals surface area contributed by atoms with Crippen LogP contribution in [0.25, 0.3) is 0 Å². The summed E-state index contributed by atoms with van der Waals surface area (Å²) >= 11 is 5.98. The van der Waals surface area contributed by atoms with Crippen molar-refractivity contribution in [2.75, 3.05) is 13.1 Å². The summed E-state index contributed by atoms with van der Waals surface area (Å²) in [6.07, 6.45) is 0.737. The molecule has 1 unspecified atom stereocenters. The highest BCUT2D eigenvalue weighted by molar-refractivity contribution is 7.89. The van der Waals surface area contributed by atoms with E-state index in [1.165, 1.54) is 10.4 Å². The Hall–Kier alpha value is -1.11. The molecule has 0 bridgehead atoms. The largest absolute Gasteiger partial charge is 0.481 e. The molecule has 1 heterocycles. The monoisotopic (exact) mass is 331 g/mol. The quantitative estimate of drug-likeness (QED) is 0.920. The number of hydrogen-bond donors (Lipinski definition) is 1. The third kappa shape index (κ3) is 2.67. The zero-order valence-corrected chi connectivity index (χ0v) is 13.5. The second-order valence-corrected chi connectivity index (χ2v) is 7.70. The normalized spacial score (nSPS) is 23.4. The Morgan fingerprint density at radius 3 is 2.67 bits per heavy atom. The topological polar surface area (TPSA) is 74.7 Å². The molecule has 0 aliphatic carbocycles. The molecule has 116 valence electrons. The Labute approximate surface area is 129 Å². The van der Waals surface area contributed by atoms with E-state index in [1.807, 2.05) is 0 Å². The maximum absolute atomic E-state index is 12.7. The van der Waals surface area contributed by atoms with Crippen molar-refractivity contribution < 1.29 is 18.3 Å². The summed E-state index contributed by atoms with van der Waals surface area (Å²) in [6, 6.07) is 4.72. The van der Waals surface area contributed by atoms with Crippen molar-refractivity contribution in [3.05, 3.63) is 28.8 Å². The van der Waals surface area contributed by atoms with Crippen molar-refractivity contribution in [1.82, 2.24) is 4.31 Å².